The lowest BCUT2D eigenvalue weighted by molar-refractivity contribution is 0.0690. The number of oxazole rings is 1. The van der Waals surface area contributed by atoms with Crippen LogP contribution < -0.4 is 4.31 Å². The molecule has 0 aliphatic carbocycles. The second kappa shape index (κ2) is 3.29. The fourth-order valence-corrected chi connectivity index (χ4v) is 1.02. The van der Waals surface area contributed by atoms with Crippen LogP contribution in [0.3, 0.4) is 0 Å². The highest BCUT2D eigenvalue weighted by atomic mass is 32.2. The average molecular weight is 220 g/mol. The summed E-state index contributed by atoms with van der Waals surface area (Å²) in [6.07, 6.45) is 1.83. The van der Waals surface area contributed by atoms with E-state index in [1.165, 1.54) is 7.05 Å². The van der Waals surface area contributed by atoms with Gasteiger partial charge in [0.05, 0.1) is 6.26 Å². The van der Waals surface area contributed by atoms with E-state index in [9.17, 15) is 13.2 Å². The van der Waals surface area contributed by atoms with Gasteiger partial charge in [-0.15, -0.1) is 0 Å². The van der Waals surface area contributed by atoms with Gasteiger partial charge in [0.2, 0.25) is 10.0 Å². The Kier molecular flexibility index (Phi) is 2.47. The lowest BCUT2D eigenvalue weighted by Gasteiger charge is -2.09. The summed E-state index contributed by atoms with van der Waals surface area (Å²) >= 11 is 0. The number of rotatable bonds is 3. The molecule has 0 fully saturated rings. The predicted molar refractivity (Wildman–Crippen MR) is 46.7 cm³/mol. The van der Waals surface area contributed by atoms with Crippen LogP contribution in [0.25, 0.3) is 0 Å². The van der Waals surface area contributed by atoms with Crippen LogP contribution in [0.5, 0.6) is 0 Å². The molecule has 1 aromatic rings. The molecule has 0 spiro atoms. The van der Waals surface area contributed by atoms with Gasteiger partial charge in [-0.05, 0) is 0 Å². The quantitative estimate of drug-likeness (QED) is 0.755. The van der Waals surface area contributed by atoms with E-state index in [-0.39, 0.29) is 11.7 Å². The van der Waals surface area contributed by atoms with Crippen molar-refractivity contribution in [2.75, 3.05) is 17.6 Å². The predicted octanol–water partition coefficient (Wildman–Crippen LogP) is -0.231. The Bertz CT molecular complexity index is 449. The van der Waals surface area contributed by atoms with Crippen molar-refractivity contribution in [1.82, 2.24) is 4.98 Å². The molecule has 0 aromatic carbocycles. The Morgan fingerprint density at radius 2 is 2.21 bits per heavy atom. The van der Waals surface area contributed by atoms with Crippen LogP contribution in [0.15, 0.2) is 10.7 Å². The Labute approximate surface area is 80.0 Å². The van der Waals surface area contributed by atoms with Gasteiger partial charge < -0.3 is 9.52 Å². The Hall–Kier alpha value is -1.57. The highest BCUT2D eigenvalue weighted by molar-refractivity contribution is 7.92. The van der Waals surface area contributed by atoms with Crippen molar-refractivity contribution < 1.29 is 22.7 Å². The zero-order chi connectivity index (χ0) is 10.9. The van der Waals surface area contributed by atoms with Crippen LogP contribution in [0.1, 0.15) is 10.5 Å². The average Bonchev–Trinajstić information content (AvgIpc) is 2.48. The minimum atomic E-state index is -3.48. The van der Waals surface area contributed by atoms with E-state index < -0.39 is 16.0 Å². The second-order valence-electron chi connectivity index (χ2n) is 2.55. The van der Waals surface area contributed by atoms with Crippen molar-refractivity contribution in [3.05, 3.63) is 12.0 Å². The minimum Gasteiger partial charge on any atom is -0.476 e. The van der Waals surface area contributed by atoms with E-state index in [4.69, 9.17) is 5.11 Å². The van der Waals surface area contributed by atoms with Crippen LogP contribution in [0.2, 0.25) is 0 Å². The number of nitrogens with zero attached hydrogens (tertiary/aromatic N) is 2. The highest BCUT2D eigenvalue weighted by Crippen LogP contribution is 2.14. The molecule has 1 N–H and O–H groups in total. The van der Waals surface area contributed by atoms with Crippen LogP contribution in [-0.2, 0) is 10.0 Å². The number of carboxylic acid groups (broad SMARTS) is 1. The second-order valence-corrected chi connectivity index (χ2v) is 4.56. The molecule has 14 heavy (non-hydrogen) atoms. The standard InChI is InChI=1S/C6H8N2O5S/c1-8(14(2,11)12)6-7-4(3-13-6)5(9)10/h3H,1-2H3,(H,9,10). The molecular weight excluding hydrogens is 212 g/mol. The molecule has 0 atom stereocenters. The first-order chi connectivity index (χ1) is 6.32. The molecule has 0 amide bonds. The van der Waals surface area contributed by atoms with Crippen LogP contribution >= 0.6 is 0 Å². The molecule has 0 aliphatic heterocycles. The number of hydrogen-bond acceptors (Lipinski definition) is 5. The van der Waals surface area contributed by atoms with Crippen molar-refractivity contribution in [2.45, 2.75) is 0 Å². The van der Waals surface area contributed by atoms with Crippen LogP contribution in [0, 0.1) is 0 Å². The summed E-state index contributed by atoms with van der Waals surface area (Å²) < 4.78 is 27.4. The van der Waals surface area contributed by atoms with Gasteiger partial charge in [-0.3, -0.25) is 0 Å². The number of sulfonamides is 1. The normalized spacial score (nSPS) is 11.3. The van der Waals surface area contributed by atoms with Gasteiger partial charge >= 0.3 is 12.0 Å². The van der Waals surface area contributed by atoms with Gasteiger partial charge in [0.1, 0.15) is 6.26 Å². The van der Waals surface area contributed by atoms with Gasteiger partial charge in [0.25, 0.3) is 0 Å². The smallest absolute Gasteiger partial charge is 0.357 e. The summed E-state index contributed by atoms with van der Waals surface area (Å²) in [5, 5.41) is 8.49. The van der Waals surface area contributed by atoms with Crippen molar-refractivity contribution in [3.63, 3.8) is 0 Å². The molecule has 8 heteroatoms. The van der Waals surface area contributed by atoms with Crippen LogP contribution in [-0.4, -0.2) is 37.8 Å². The number of carbonyl (C=O) groups is 1. The summed E-state index contributed by atoms with van der Waals surface area (Å²) in [5.74, 6) is -1.28. The Balaban J connectivity index is 3.04. The molecular formula is C6H8N2O5S. The van der Waals surface area contributed by atoms with E-state index in [1.807, 2.05) is 0 Å². The molecule has 0 saturated carbocycles. The van der Waals surface area contributed by atoms with E-state index in [1.54, 1.807) is 0 Å². The monoisotopic (exact) mass is 220 g/mol. The molecule has 7 nitrogen and oxygen atoms in total. The van der Waals surface area contributed by atoms with Crippen molar-refractivity contribution in [1.29, 1.82) is 0 Å². The molecule has 0 bridgehead atoms. The topological polar surface area (TPSA) is 101 Å². The largest absolute Gasteiger partial charge is 0.476 e. The number of aromatic carboxylic acids is 1. The van der Waals surface area contributed by atoms with E-state index >= 15 is 0 Å². The molecule has 1 aromatic heterocycles. The van der Waals surface area contributed by atoms with Crippen molar-refractivity contribution in [2.24, 2.45) is 0 Å². The maximum Gasteiger partial charge on any atom is 0.357 e. The molecule has 1 heterocycles. The molecule has 0 aliphatic rings. The van der Waals surface area contributed by atoms with Crippen LogP contribution in [0.4, 0.5) is 6.01 Å². The summed E-state index contributed by atoms with van der Waals surface area (Å²) in [5.41, 5.74) is -0.337. The first-order valence-corrected chi connectivity index (χ1v) is 5.30. The molecule has 78 valence electrons. The maximum absolute atomic E-state index is 11.0. The van der Waals surface area contributed by atoms with E-state index in [0.717, 1.165) is 16.8 Å². The third-order valence-corrected chi connectivity index (χ3v) is 2.63. The Morgan fingerprint density at radius 3 is 2.57 bits per heavy atom. The van der Waals surface area contributed by atoms with Gasteiger partial charge in [-0.25, -0.2) is 17.5 Å². The number of hydrogen-bond donors (Lipinski definition) is 1. The SMILES string of the molecule is CN(c1nc(C(=O)O)co1)S(C)(=O)=O. The van der Waals surface area contributed by atoms with Gasteiger partial charge in [0, 0.05) is 7.05 Å². The first-order valence-electron chi connectivity index (χ1n) is 3.45. The van der Waals surface area contributed by atoms with Gasteiger partial charge in [-0.1, -0.05) is 0 Å². The third kappa shape index (κ3) is 2.02. The van der Waals surface area contributed by atoms with E-state index in [2.05, 4.69) is 9.40 Å². The van der Waals surface area contributed by atoms with Gasteiger partial charge in [0.15, 0.2) is 5.69 Å². The lowest BCUT2D eigenvalue weighted by atomic mass is 10.5. The fraction of sp³-hybridized carbons (Fsp3) is 0.333. The zero-order valence-electron chi connectivity index (χ0n) is 7.46. The first kappa shape index (κ1) is 10.5. The van der Waals surface area contributed by atoms with Crippen molar-refractivity contribution in [3.8, 4) is 0 Å². The molecule has 0 saturated heterocycles. The highest BCUT2D eigenvalue weighted by Gasteiger charge is 2.19. The third-order valence-electron chi connectivity index (χ3n) is 1.48. The summed E-state index contributed by atoms with van der Waals surface area (Å²) in [4.78, 5) is 13.9. The zero-order valence-corrected chi connectivity index (χ0v) is 8.28. The minimum absolute atomic E-state index is 0.273. The molecule has 0 unspecified atom stereocenters. The molecule has 1 rings (SSSR count). The van der Waals surface area contributed by atoms with E-state index in [0.29, 0.717) is 0 Å². The number of anilines is 1. The van der Waals surface area contributed by atoms with Crippen molar-refractivity contribution >= 4 is 22.0 Å². The van der Waals surface area contributed by atoms with Gasteiger partial charge in [-0.2, -0.15) is 4.98 Å². The summed E-state index contributed by atoms with van der Waals surface area (Å²) in [7, 11) is -2.27. The summed E-state index contributed by atoms with van der Waals surface area (Å²) in [6, 6.07) is -0.273. The maximum atomic E-state index is 11.0. The molecule has 0 radical (unpaired) electrons. The number of carboxylic acids is 1. The fourth-order valence-electron chi connectivity index (χ4n) is 0.649. The Morgan fingerprint density at radius 1 is 1.64 bits per heavy atom. The number of aromatic nitrogens is 1. The summed E-state index contributed by atoms with van der Waals surface area (Å²) in [6.45, 7) is 0. The lowest BCUT2D eigenvalue weighted by Crippen LogP contribution is -2.25.